The van der Waals surface area contributed by atoms with Gasteiger partial charge in [0.2, 0.25) is 0 Å². The second kappa shape index (κ2) is 8.07. The number of benzene rings is 3. The van der Waals surface area contributed by atoms with Gasteiger partial charge in [0.15, 0.2) is 0 Å². The van der Waals surface area contributed by atoms with Crippen LogP contribution in [0.3, 0.4) is 0 Å². The summed E-state index contributed by atoms with van der Waals surface area (Å²) in [6, 6.07) is 23.8. The van der Waals surface area contributed by atoms with Crippen LogP contribution in [0.1, 0.15) is 11.1 Å². The van der Waals surface area contributed by atoms with Crippen molar-refractivity contribution in [3.63, 3.8) is 0 Å². The maximum absolute atomic E-state index is 12.0. The summed E-state index contributed by atoms with van der Waals surface area (Å²) < 4.78 is 5.22. The topological polar surface area (TPSA) is 69.4 Å². The predicted octanol–water partition coefficient (Wildman–Crippen LogP) is 4.55. The summed E-state index contributed by atoms with van der Waals surface area (Å²) in [4.78, 5) is 22.3. The van der Waals surface area contributed by atoms with Gasteiger partial charge in [0, 0.05) is 12.1 Å². The van der Waals surface area contributed by atoms with E-state index in [0.29, 0.717) is 5.56 Å². The van der Waals surface area contributed by atoms with E-state index in [1.54, 1.807) is 12.1 Å². The largest absolute Gasteiger partial charge is 0.461 e. The Balaban J connectivity index is 1.57. The molecule has 0 saturated carbocycles. The van der Waals surface area contributed by atoms with Gasteiger partial charge in [-0.2, -0.15) is 0 Å². The van der Waals surface area contributed by atoms with Crippen LogP contribution in [0.25, 0.3) is 11.1 Å². The molecule has 0 aliphatic rings. The zero-order valence-electron chi connectivity index (χ0n) is 14.0. The lowest BCUT2D eigenvalue weighted by Crippen LogP contribution is -2.08. The van der Waals surface area contributed by atoms with Gasteiger partial charge < -0.3 is 4.74 Å². The molecule has 0 aromatic heterocycles. The Hall–Kier alpha value is -3.47. The Morgan fingerprint density at radius 2 is 1.54 bits per heavy atom. The van der Waals surface area contributed by atoms with Crippen LogP contribution < -0.4 is 0 Å². The molecule has 0 heterocycles. The Bertz CT molecular complexity index is 905. The summed E-state index contributed by atoms with van der Waals surface area (Å²) in [5.41, 5.74) is 3.63. The molecule has 0 atom stereocenters. The van der Waals surface area contributed by atoms with Crippen LogP contribution in [0.4, 0.5) is 5.69 Å². The van der Waals surface area contributed by atoms with Gasteiger partial charge in [0.05, 0.1) is 11.3 Å². The average molecular weight is 347 g/mol. The molecule has 0 aliphatic heterocycles. The number of nitro groups is 1. The van der Waals surface area contributed by atoms with Crippen LogP contribution in [0, 0.1) is 10.1 Å². The van der Waals surface area contributed by atoms with Crippen molar-refractivity contribution in [1.82, 2.24) is 0 Å². The molecule has 26 heavy (non-hydrogen) atoms. The summed E-state index contributed by atoms with van der Waals surface area (Å²) in [6.07, 6.45) is 0.157. The van der Waals surface area contributed by atoms with E-state index in [4.69, 9.17) is 4.74 Å². The molecule has 0 N–H and O–H groups in total. The summed E-state index contributed by atoms with van der Waals surface area (Å²) >= 11 is 0. The number of carbonyl (C=O) groups is 1. The van der Waals surface area contributed by atoms with Crippen LogP contribution in [0.2, 0.25) is 0 Å². The van der Waals surface area contributed by atoms with Gasteiger partial charge in [-0.25, -0.2) is 0 Å². The molecule has 0 unspecified atom stereocenters. The quantitative estimate of drug-likeness (QED) is 0.373. The molecular weight excluding hydrogens is 330 g/mol. The fourth-order valence-corrected chi connectivity index (χ4v) is 2.59. The Kier molecular flexibility index (Phi) is 5.39. The molecule has 0 amide bonds. The van der Waals surface area contributed by atoms with Gasteiger partial charge >= 0.3 is 5.97 Å². The lowest BCUT2D eigenvalue weighted by molar-refractivity contribution is -0.384. The molecule has 0 aliphatic carbocycles. The molecule has 130 valence electrons. The monoisotopic (exact) mass is 347 g/mol. The SMILES string of the molecule is O=C(Cc1ccc(-c2ccccc2)cc1)OCc1cccc([N+](=O)[O-])c1. The van der Waals surface area contributed by atoms with Gasteiger partial charge in [-0.15, -0.1) is 0 Å². The number of ether oxygens (including phenoxy) is 1. The zero-order valence-corrected chi connectivity index (χ0v) is 14.0. The van der Waals surface area contributed by atoms with Crippen molar-refractivity contribution in [3.8, 4) is 11.1 Å². The van der Waals surface area contributed by atoms with E-state index < -0.39 is 4.92 Å². The number of hydrogen-bond donors (Lipinski definition) is 0. The second-order valence-electron chi connectivity index (χ2n) is 5.83. The number of esters is 1. The minimum absolute atomic E-state index is 0.0165. The molecule has 3 aromatic rings. The minimum atomic E-state index is -0.473. The number of hydrogen-bond acceptors (Lipinski definition) is 4. The van der Waals surface area contributed by atoms with Gasteiger partial charge in [0.25, 0.3) is 5.69 Å². The highest BCUT2D eigenvalue weighted by atomic mass is 16.6. The lowest BCUT2D eigenvalue weighted by Gasteiger charge is -2.06. The van der Waals surface area contributed by atoms with Crippen LogP contribution in [0.15, 0.2) is 78.9 Å². The first-order valence-corrected chi connectivity index (χ1v) is 8.15. The smallest absolute Gasteiger partial charge is 0.310 e. The van der Waals surface area contributed by atoms with Crippen molar-refractivity contribution in [3.05, 3.63) is 100 Å². The molecule has 0 bridgehead atoms. The summed E-state index contributed by atoms with van der Waals surface area (Å²) in [5.74, 6) is -0.371. The maximum Gasteiger partial charge on any atom is 0.310 e. The Morgan fingerprint density at radius 1 is 0.846 bits per heavy atom. The van der Waals surface area contributed by atoms with Crippen molar-refractivity contribution < 1.29 is 14.5 Å². The summed E-state index contributed by atoms with van der Waals surface area (Å²) in [5, 5.41) is 10.8. The molecule has 3 rings (SSSR count). The van der Waals surface area contributed by atoms with Gasteiger partial charge in [-0.05, 0) is 22.3 Å². The fourth-order valence-electron chi connectivity index (χ4n) is 2.59. The van der Waals surface area contributed by atoms with E-state index >= 15 is 0 Å². The van der Waals surface area contributed by atoms with Crippen LogP contribution in [-0.4, -0.2) is 10.9 Å². The third kappa shape index (κ3) is 4.54. The number of rotatable bonds is 6. The van der Waals surface area contributed by atoms with Crippen molar-refractivity contribution in [1.29, 1.82) is 0 Å². The third-order valence-electron chi connectivity index (χ3n) is 3.93. The number of nitrogens with zero attached hydrogens (tertiary/aromatic N) is 1. The fraction of sp³-hybridized carbons (Fsp3) is 0.0952. The first-order valence-electron chi connectivity index (χ1n) is 8.15. The number of non-ortho nitro benzene ring substituents is 1. The highest BCUT2D eigenvalue weighted by molar-refractivity contribution is 5.73. The molecule has 5 heteroatoms. The zero-order chi connectivity index (χ0) is 18.4. The van der Waals surface area contributed by atoms with Crippen molar-refractivity contribution in [2.24, 2.45) is 0 Å². The normalized spacial score (nSPS) is 10.3. The molecular formula is C21H17NO4. The molecule has 0 radical (unpaired) electrons. The van der Waals surface area contributed by atoms with E-state index in [-0.39, 0.29) is 24.7 Å². The van der Waals surface area contributed by atoms with Crippen molar-refractivity contribution in [2.45, 2.75) is 13.0 Å². The molecule has 0 saturated heterocycles. The average Bonchev–Trinajstić information content (AvgIpc) is 2.68. The van der Waals surface area contributed by atoms with E-state index in [0.717, 1.165) is 16.7 Å². The molecule has 0 spiro atoms. The Labute approximate surface area is 151 Å². The third-order valence-corrected chi connectivity index (χ3v) is 3.93. The minimum Gasteiger partial charge on any atom is -0.461 e. The van der Waals surface area contributed by atoms with Crippen molar-refractivity contribution >= 4 is 11.7 Å². The van der Waals surface area contributed by atoms with Gasteiger partial charge in [0.1, 0.15) is 6.61 Å². The Morgan fingerprint density at radius 3 is 2.23 bits per heavy atom. The summed E-state index contributed by atoms with van der Waals surface area (Å²) in [7, 11) is 0. The molecule has 5 nitrogen and oxygen atoms in total. The van der Waals surface area contributed by atoms with Gasteiger partial charge in [-0.1, -0.05) is 66.7 Å². The van der Waals surface area contributed by atoms with E-state index in [9.17, 15) is 14.9 Å². The van der Waals surface area contributed by atoms with E-state index in [1.165, 1.54) is 12.1 Å². The predicted molar refractivity (Wildman–Crippen MR) is 98.5 cm³/mol. The highest BCUT2D eigenvalue weighted by Gasteiger charge is 2.09. The van der Waals surface area contributed by atoms with Crippen molar-refractivity contribution in [2.75, 3.05) is 0 Å². The van der Waals surface area contributed by atoms with E-state index in [1.807, 2.05) is 54.6 Å². The lowest BCUT2D eigenvalue weighted by atomic mass is 10.0. The number of carbonyl (C=O) groups excluding carboxylic acids is 1. The van der Waals surface area contributed by atoms with Crippen LogP contribution in [-0.2, 0) is 22.6 Å². The van der Waals surface area contributed by atoms with Crippen LogP contribution >= 0.6 is 0 Å². The summed E-state index contributed by atoms with van der Waals surface area (Å²) in [6.45, 7) is 0.0165. The second-order valence-corrected chi connectivity index (χ2v) is 5.83. The molecule has 0 fully saturated rings. The van der Waals surface area contributed by atoms with E-state index in [2.05, 4.69) is 0 Å². The highest BCUT2D eigenvalue weighted by Crippen LogP contribution is 2.19. The standard InChI is InChI=1S/C21H17NO4/c23-21(26-15-17-5-4-8-20(13-17)22(24)25)14-16-9-11-19(12-10-16)18-6-2-1-3-7-18/h1-13H,14-15H2. The van der Waals surface area contributed by atoms with Crippen LogP contribution in [0.5, 0.6) is 0 Å². The number of nitro benzene ring substituents is 1. The first-order chi connectivity index (χ1) is 12.6. The van der Waals surface area contributed by atoms with Gasteiger partial charge in [-0.3, -0.25) is 14.9 Å². The maximum atomic E-state index is 12.0. The molecule has 3 aromatic carbocycles. The first kappa shape index (κ1) is 17.4.